The monoisotopic (exact) mass is 439 g/mol. The van der Waals surface area contributed by atoms with Gasteiger partial charge < -0.3 is 23.8 Å². The molecule has 1 saturated heterocycles. The number of halogens is 1. The van der Waals surface area contributed by atoms with Gasteiger partial charge in [0.2, 0.25) is 0 Å². The highest BCUT2D eigenvalue weighted by molar-refractivity contribution is 6.32. The van der Waals surface area contributed by atoms with E-state index in [-0.39, 0.29) is 24.4 Å². The van der Waals surface area contributed by atoms with Gasteiger partial charge in [0.05, 0.1) is 31.8 Å². The highest BCUT2D eigenvalue weighted by atomic mass is 35.5. The standard InChI is InChI=1S/C21H26ClNO7/c1-4-29-21(26)15-7-9-23(10-8-15)18(24)13-30-19(25)6-5-14-11-16(22)20(28-3)17(12-14)27-2/h5-6,11-12,15H,4,7-10,13H2,1-3H3/b6-5+. The predicted molar refractivity (Wildman–Crippen MR) is 110 cm³/mol. The Hall–Kier alpha value is -2.74. The molecule has 1 aliphatic rings. The van der Waals surface area contributed by atoms with Crippen molar-refractivity contribution >= 4 is 35.5 Å². The number of ether oxygens (including phenoxy) is 4. The second-order valence-corrected chi connectivity index (χ2v) is 6.99. The van der Waals surface area contributed by atoms with Gasteiger partial charge in [-0.15, -0.1) is 0 Å². The van der Waals surface area contributed by atoms with E-state index in [0.29, 0.717) is 54.6 Å². The summed E-state index contributed by atoms with van der Waals surface area (Å²) in [6, 6.07) is 3.28. The lowest BCUT2D eigenvalue weighted by Crippen LogP contribution is -2.42. The zero-order valence-corrected chi connectivity index (χ0v) is 18.1. The summed E-state index contributed by atoms with van der Waals surface area (Å²) in [7, 11) is 2.96. The molecular weight excluding hydrogens is 414 g/mol. The molecule has 0 radical (unpaired) electrons. The minimum Gasteiger partial charge on any atom is -0.493 e. The Balaban J connectivity index is 1.83. The summed E-state index contributed by atoms with van der Waals surface area (Å²) < 4.78 is 20.4. The van der Waals surface area contributed by atoms with Crippen molar-refractivity contribution in [3.8, 4) is 11.5 Å². The topological polar surface area (TPSA) is 91.4 Å². The van der Waals surface area contributed by atoms with Gasteiger partial charge in [0.25, 0.3) is 5.91 Å². The highest BCUT2D eigenvalue weighted by Crippen LogP contribution is 2.36. The molecule has 0 atom stereocenters. The molecule has 2 rings (SSSR count). The van der Waals surface area contributed by atoms with E-state index in [1.807, 2.05) is 0 Å². The Bertz CT molecular complexity index is 801. The lowest BCUT2D eigenvalue weighted by atomic mass is 9.97. The molecule has 0 aromatic heterocycles. The second kappa shape index (κ2) is 11.4. The maximum absolute atomic E-state index is 12.2. The molecule has 164 valence electrons. The Kier molecular flexibility index (Phi) is 8.98. The van der Waals surface area contributed by atoms with Crippen molar-refractivity contribution in [1.82, 2.24) is 4.90 Å². The normalized spacial score (nSPS) is 14.5. The van der Waals surface area contributed by atoms with Crippen LogP contribution in [0.4, 0.5) is 0 Å². The molecule has 1 aromatic carbocycles. The smallest absolute Gasteiger partial charge is 0.331 e. The largest absolute Gasteiger partial charge is 0.493 e. The Morgan fingerprint density at radius 2 is 1.83 bits per heavy atom. The summed E-state index contributed by atoms with van der Waals surface area (Å²) in [5.74, 6) is -0.538. The maximum atomic E-state index is 12.2. The number of nitrogens with zero attached hydrogens (tertiary/aromatic N) is 1. The van der Waals surface area contributed by atoms with Crippen molar-refractivity contribution < 1.29 is 33.3 Å². The first kappa shape index (κ1) is 23.5. The first-order chi connectivity index (χ1) is 14.4. The summed E-state index contributed by atoms with van der Waals surface area (Å²) in [4.78, 5) is 37.5. The van der Waals surface area contributed by atoms with Crippen LogP contribution in [-0.4, -0.2) is 63.3 Å². The van der Waals surface area contributed by atoms with Gasteiger partial charge in [0.15, 0.2) is 18.1 Å². The highest BCUT2D eigenvalue weighted by Gasteiger charge is 2.28. The van der Waals surface area contributed by atoms with Crippen LogP contribution < -0.4 is 9.47 Å². The average molecular weight is 440 g/mol. The molecule has 0 spiro atoms. The lowest BCUT2D eigenvalue weighted by molar-refractivity contribution is -0.153. The SMILES string of the molecule is CCOC(=O)C1CCN(C(=O)COC(=O)/C=C/c2cc(Cl)c(OC)c(OC)c2)CC1. The fraction of sp³-hybridized carbons (Fsp3) is 0.476. The summed E-state index contributed by atoms with van der Waals surface area (Å²) in [5, 5.41) is 0.339. The Morgan fingerprint density at radius 1 is 1.13 bits per heavy atom. The molecule has 0 saturated carbocycles. The number of piperidine rings is 1. The Labute approximate surface area is 180 Å². The van der Waals surface area contributed by atoms with Crippen molar-refractivity contribution in [3.05, 3.63) is 28.8 Å². The number of rotatable bonds is 8. The van der Waals surface area contributed by atoms with Crippen molar-refractivity contribution in [2.45, 2.75) is 19.8 Å². The molecule has 8 nitrogen and oxygen atoms in total. The van der Waals surface area contributed by atoms with Crippen LogP contribution in [0.3, 0.4) is 0 Å². The second-order valence-electron chi connectivity index (χ2n) is 6.59. The number of hydrogen-bond donors (Lipinski definition) is 0. The van der Waals surface area contributed by atoms with Crippen molar-refractivity contribution in [1.29, 1.82) is 0 Å². The molecule has 0 aliphatic carbocycles. The molecule has 0 bridgehead atoms. The van der Waals surface area contributed by atoms with Crippen LogP contribution in [-0.2, 0) is 23.9 Å². The van der Waals surface area contributed by atoms with Crippen LogP contribution in [0, 0.1) is 5.92 Å². The third-order valence-corrected chi connectivity index (χ3v) is 4.95. The van der Waals surface area contributed by atoms with Crippen LogP contribution >= 0.6 is 11.6 Å². The first-order valence-electron chi connectivity index (χ1n) is 9.60. The quantitative estimate of drug-likeness (QED) is 0.454. The predicted octanol–water partition coefficient (Wildman–Crippen LogP) is 2.72. The fourth-order valence-electron chi connectivity index (χ4n) is 3.10. The van der Waals surface area contributed by atoms with Crippen molar-refractivity contribution in [3.63, 3.8) is 0 Å². The fourth-order valence-corrected chi connectivity index (χ4v) is 3.39. The summed E-state index contributed by atoms with van der Waals surface area (Å²) in [6.45, 7) is 2.61. The van der Waals surface area contributed by atoms with E-state index >= 15 is 0 Å². The van der Waals surface area contributed by atoms with Crippen LogP contribution in [0.25, 0.3) is 6.08 Å². The lowest BCUT2D eigenvalue weighted by Gasteiger charge is -2.30. The van der Waals surface area contributed by atoms with E-state index in [1.54, 1.807) is 24.0 Å². The van der Waals surface area contributed by atoms with Crippen LogP contribution in [0.15, 0.2) is 18.2 Å². The van der Waals surface area contributed by atoms with E-state index in [0.717, 1.165) is 0 Å². The number of benzene rings is 1. The van der Waals surface area contributed by atoms with Gasteiger partial charge >= 0.3 is 11.9 Å². The minimum atomic E-state index is -0.657. The maximum Gasteiger partial charge on any atom is 0.331 e. The number of likely N-dealkylation sites (tertiary alicyclic amines) is 1. The zero-order chi connectivity index (χ0) is 22.1. The minimum absolute atomic E-state index is 0.187. The van der Waals surface area contributed by atoms with Crippen molar-refractivity contribution in [2.24, 2.45) is 5.92 Å². The molecule has 0 unspecified atom stereocenters. The number of carbonyl (C=O) groups excluding carboxylic acids is 3. The van der Waals surface area contributed by atoms with E-state index in [1.165, 1.54) is 26.4 Å². The third kappa shape index (κ3) is 6.38. The summed E-state index contributed by atoms with van der Waals surface area (Å²) in [5.41, 5.74) is 0.613. The molecule has 1 amide bonds. The average Bonchev–Trinajstić information content (AvgIpc) is 2.75. The molecule has 9 heteroatoms. The summed E-state index contributed by atoms with van der Waals surface area (Å²) in [6.07, 6.45) is 3.79. The summed E-state index contributed by atoms with van der Waals surface area (Å²) >= 11 is 6.13. The van der Waals surface area contributed by atoms with E-state index in [2.05, 4.69) is 0 Å². The van der Waals surface area contributed by atoms with Crippen LogP contribution in [0.1, 0.15) is 25.3 Å². The van der Waals surface area contributed by atoms with Gasteiger partial charge in [-0.05, 0) is 43.5 Å². The van der Waals surface area contributed by atoms with Gasteiger partial charge in [-0.25, -0.2) is 4.79 Å². The molecular formula is C21H26ClNO7. The molecule has 1 heterocycles. The van der Waals surface area contributed by atoms with Crippen LogP contribution in [0.2, 0.25) is 5.02 Å². The van der Waals surface area contributed by atoms with E-state index in [4.69, 9.17) is 30.5 Å². The molecule has 1 aliphatic heterocycles. The van der Waals surface area contributed by atoms with Crippen molar-refractivity contribution in [2.75, 3.05) is 40.5 Å². The Morgan fingerprint density at radius 3 is 2.43 bits per heavy atom. The molecule has 30 heavy (non-hydrogen) atoms. The van der Waals surface area contributed by atoms with Gasteiger partial charge in [0, 0.05) is 19.2 Å². The van der Waals surface area contributed by atoms with Gasteiger partial charge in [-0.1, -0.05) is 11.6 Å². The number of esters is 2. The van der Waals surface area contributed by atoms with Gasteiger partial charge in [-0.3, -0.25) is 9.59 Å². The molecule has 1 aromatic rings. The first-order valence-corrected chi connectivity index (χ1v) is 9.98. The molecule has 0 N–H and O–H groups in total. The number of hydrogen-bond acceptors (Lipinski definition) is 7. The molecule has 1 fully saturated rings. The number of methoxy groups -OCH3 is 2. The van der Waals surface area contributed by atoms with Gasteiger partial charge in [-0.2, -0.15) is 0 Å². The number of carbonyl (C=O) groups is 3. The van der Waals surface area contributed by atoms with E-state index in [9.17, 15) is 14.4 Å². The van der Waals surface area contributed by atoms with Crippen LogP contribution in [0.5, 0.6) is 11.5 Å². The van der Waals surface area contributed by atoms with E-state index < -0.39 is 5.97 Å². The number of amides is 1. The zero-order valence-electron chi connectivity index (χ0n) is 17.3. The third-order valence-electron chi connectivity index (χ3n) is 4.67. The van der Waals surface area contributed by atoms with Gasteiger partial charge in [0.1, 0.15) is 0 Å².